The van der Waals surface area contributed by atoms with E-state index in [0.29, 0.717) is 12.5 Å². The normalized spacial score (nSPS) is 19.8. The standard InChI is InChI=1S/C27H39N3O3/c1-19(2)30-24-9-7-8-20(3)22(24)16-23(26(30)32)25(31)28-17-21-10-14-29(15-11-21)18-27(33)12-5-4-6-13-27/h7-9,16,19,21,33H,4-6,10-15,17-18H2,1-3H3,(H,28,31). The summed E-state index contributed by atoms with van der Waals surface area (Å²) in [6.45, 7) is 9.24. The number of carbonyl (C=O) groups is 1. The van der Waals surface area contributed by atoms with Gasteiger partial charge in [0.1, 0.15) is 5.56 Å². The smallest absolute Gasteiger partial charge is 0.264 e. The highest BCUT2D eigenvalue weighted by molar-refractivity contribution is 5.98. The van der Waals surface area contributed by atoms with E-state index in [4.69, 9.17) is 0 Å². The van der Waals surface area contributed by atoms with E-state index in [2.05, 4.69) is 10.2 Å². The number of fused-ring (bicyclic) bond motifs is 1. The van der Waals surface area contributed by atoms with Gasteiger partial charge < -0.3 is 19.9 Å². The number of piperidine rings is 1. The molecule has 2 fully saturated rings. The number of likely N-dealkylation sites (tertiary alicyclic amines) is 1. The monoisotopic (exact) mass is 453 g/mol. The van der Waals surface area contributed by atoms with Crippen molar-refractivity contribution in [3.05, 3.63) is 45.7 Å². The fraction of sp³-hybridized carbons (Fsp3) is 0.630. The molecule has 0 bridgehead atoms. The first-order chi connectivity index (χ1) is 15.8. The number of pyridine rings is 1. The van der Waals surface area contributed by atoms with Crippen LogP contribution in [0.1, 0.15) is 80.8 Å². The number of rotatable bonds is 6. The minimum atomic E-state index is -0.510. The lowest BCUT2D eigenvalue weighted by atomic mass is 9.84. The second-order valence-electron chi connectivity index (χ2n) is 10.5. The van der Waals surface area contributed by atoms with Gasteiger partial charge in [-0.25, -0.2) is 0 Å². The Morgan fingerprint density at radius 2 is 1.88 bits per heavy atom. The van der Waals surface area contributed by atoms with Crippen LogP contribution in [-0.4, -0.2) is 52.3 Å². The number of aryl methyl sites for hydroxylation is 1. The predicted octanol–water partition coefficient (Wildman–Crippen LogP) is 4.03. The van der Waals surface area contributed by atoms with Crippen LogP contribution in [0.2, 0.25) is 0 Å². The highest BCUT2D eigenvalue weighted by Crippen LogP contribution is 2.30. The minimum Gasteiger partial charge on any atom is -0.389 e. The SMILES string of the molecule is Cc1cccc2c1cc(C(=O)NCC1CCN(CC3(O)CCCCC3)CC1)c(=O)n2C(C)C. The molecule has 180 valence electrons. The van der Waals surface area contributed by atoms with E-state index in [1.165, 1.54) is 6.42 Å². The van der Waals surface area contributed by atoms with Gasteiger partial charge in [0.05, 0.1) is 11.1 Å². The Balaban J connectivity index is 1.38. The van der Waals surface area contributed by atoms with Gasteiger partial charge in [-0.05, 0) is 83.2 Å². The first-order valence-electron chi connectivity index (χ1n) is 12.7. The first kappa shape index (κ1) is 24.0. The van der Waals surface area contributed by atoms with Crippen molar-refractivity contribution in [2.45, 2.75) is 77.4 Å². The fourth-order valence-electron chi connectivity index (χ4n) is 5.65. The molecule has 0 radical (unpaired) electrons. The van der Waals surface area contributed by atoms with Crippen LogP contribution in [0, 0.1) is 12.8 Å². The Bertz CT molecular complexity index is 1040. The molecule has 1 amide bonds. The third-order valence-corrected chi connectivity index (χ3v) is 7.62. The lowest BCUT2D eigenvalue weighted by molar-refractivity contribution is -0.0325. The zero-order valence-electron chi connectivity index (χ0n) is 20.4. The van der Waals surface area contributed by atoms with Crippen molar-refractivity contribution < 1.29 is 9.90 Å². The third kappa shape index (κ3) is 5.33. The molecule has 0 spiro atoms. The molecule has 0 unspecified atom stereocenters. The van der Waals surface area contributed by atoms with Gasteiger partial charge in [0, 0.05) is 24.5 Å². The predicted molar refractivity (Wildman–Crippen MR) is 133 cm³/mol. The molecule has 6 heteroatoms. The van der Waals surface area contributed by atoms with Crippen molar-refractivity contribution in [1.82, 2.24) is 14.8 Å². The van der Waals surface area contributed by atoms with Gasteiger partial charge in [-0.2, -0.15) is 0 Å². The van der Waals surface area contributed by atoms with Crippen LogP contribution in [0.3, 0.4) is 0 Å². The van der Waals surface area contributed by atoms with E-state index < -0.39 is 5.60 Å². The van der Waals surface area contributed by atoms with Gasteiger partial charge >= 0.3 is 0 Å². The number of β-amino-alcohol motifs (C(OH)–C–C–N with tert-alkyl or cyclic N) is 1. The molecule has 1 saturated heterocycles. The number of nitrogens with zero attached hydrogens (tertiary/aromatic N) is 2. The zero-order chi connectivity index (χ0) is 23.6. The van der Waals surface area contributed by atoms with Crippen molar-refractivity contribution in [1.29, 1.82) is 0 Å². The fourth-order valence-corrected chi connectivity index (χ4v) is 5.65. The van der Waals surface area contributed by atoms with E-state index in [0.717, 1.165) is 74.6 Å². The molecule has 1 aromatic heterocycles. The average molecular weight is 454 g/mol. The van der Waals surface area contributed by atoms with Crippen LogP contribution in [0.4, 0.5) is 0 Å². The number of amides is 1. The molecule has 1 aliphatic heterocycles. The van der Waals surface area contributed by atoms with Gasteiger partial charge in [0.15, 0.2) is 0 Å². The number of benzene rings is 1. The van der Waals surface area contributed by atoms with Crippen LogP contribution in [-0.2, 0) is 0 Å². The van der Waals surface area contributed by atoms with Gasteiger partial charge in [-0.1, -0.05) is 31.4 Å². The van der Waals surface area contributed by atoms with Crippen molar-refractivity contribution in [2.75, 3.05) is 26.2 Å². The molecule has 1 saturated carbocycles. The number of aliphatic hydroxyl groups is 1. The second-order valence-corrected chi connectivity index (χ2v) is 10.5. The summed E-state index contributed by atoms with van der Waals surface area (Å²) in [7, 11) is 0. The van der Waals surface area contributed by atoms with Crippen molar-refractivity contribution in [3.8, 4) is 0 Å². The minimum absolute atomic E-state index is 0.0298. The van der Waals surface area contributed by atoms with Crippen molar-refractivity contribution in [2.24, 2.45) is 5.92 Å². The summed E-state index contributed by atoms with van der Waals surface area (Å²) in [5.74, 6) is 0.124. The average Bonchev–Trinajstić information content (AvgIpc) is 2.78. The van der Waals surface area contributed by atoms with Crippen LogP contribution in [0.15, 0.2) is 29.1 Å². The quantitative estimate of drug-likeness (QED) is 0.693. The molecule has 2 aromatic rings. The number of hydrogen-bond donors (Lipinski definition) is 2. The molecule has 1 aliphatic carbocycles. The summed E-state index contributed by atoms with van der Waals surface area (Å²) < 4.78 is 1.73. The molecule has 6 nitrogen and oxygen atoms in total. The Morgan fingerprint density at radius 1 is 1.18 bits per heavy atom. The molecule has 1 aromatic carbocycles. The largest absolute Gasteiger partial charge is 0.389 e. The number of nitrogens with one attached hydrogen (secondary N) is 1. The zero-order valence-corrected chi connectivity index (χ0v) is 20.4. The molecule has 4 rings (SSSR count). The Labute approximate surface area is 197 Å². The Kier molecular flexibility index (Phi) is 7.25. The Hall–Kier alpha value is -2.18. The second kappa shape index (κ2) is 9.98. The van der Waals surface area contributed by atoms with E-state index >= 15 is 0 Å². The maximum atomic E-state index is 13.2. The maximum absolute atomic E-state index is 13.2. The summed E-state index contributed by atoms with van der Waals surface area (Å²) in [5, 5.41) is 14.8. The molecule has 2 aliphatic rings. The molecular weight excluding hydrogens is 414 g/mol. The van der Waals surface area contributed by atoms with Crippen LogP contribution in [0.5, 0.6) is 0 Å². The molecule has 33 heavy (non-hydrogen) atoms. The maximum Gasteiger partial charge on any atom is 0.264 e. The van der Waals surface area contributed by atoms with E-state index in [1.807, 2.05) is 39.0 Å². The highest BCUT2D eigenvalue weighted by atomic mass is 16.3. The van der Waals surface area contributed by atoms with Gasteiger partial charge in [0.2, 0.25) is 0 Å². The highest BCUT2D eigenvalue weighted by Gasteiger charge is 2.32. The summed E-state index contributed by atoms with van der Waals surface area (Å²) in [6.07, 6.45) is 7.35. The van der Waals surface area contributed by atoms with E-state index in [9.17, 15) is 14.7 Å². The summed E-state index contributed by atoms with van der Waals surface area (Å²) in [5.41, 5.74) is 1.42. The van der Waals surface area contributed by atoms with Gasteiger partial charge in [0.25, 0.3) is 11.5 Å². The van der Waals surface area contributed by atoms with Gasteiger partial charge in [-0.15, -0.1) is 0 Å². The van der Waals surface area contributed by atoms with E-state index in [-0.39, 0.29) is 23.1 Å². The Morgan fingerprint density at radius 3 is 2.55 bits per heavy atom. The summed E-state index contributed by atoms with van der Waals surface area (Å²) >= 11 is 0. The van der Waals surface area contributed by atoms with Crippen LogP contribution < -0.4 is 10.9 Å². The molecular formula is C27H39N3O3. The topological polar surface area (TPSA) is 74.6 Å². The van der Waals surface area contributed by atoms with Crippen LogP contribution >= 0.6 is 0 Å². The van der Waals surface area contributed by atoms with E-state index in [1.54, 1.807) is 10.6 Å². The molecule has 2 heterocycles. The lowest BCUT2D eigenvalue weighted by Crippen LogP contribution is -2.48. The third-order valence-electron chi connectivity index (χ3n) is 7.62. The molecule has 0 atom stereocenters. The van der Waals surface area contributed by atoms with Crippen molar-refractivity contribution >= 4 is 16.8 Å². The summed E-state index contributed by atoms with van der Waals surface area (Å²) in [4.78, 5) is 28.6. The lowest BCUT2D eigenvalue weighted by Gasteiger charge is -2.40. The number of aromatic nitrogens is 1. The molecule has 2 N–H and O–H groups in total. The number of carbonyl (C=O) groups excluding carboxylic acids is 1. The number of hydrogen-bond acceptors (Lipinski definition) is 4. The van der Waals surface area contributed by atoms with Gasteiger partial charge in [-0.3, -0.25) is 9.59 Å². The summed E-state index contributed by atoms with van der Waals surface area (Å²) in [6, 6.07) is 7.64. The van der Waals surface area contributed by atoms with Crippen LogP contribution in [0.25, 0.3) is 10.9 Å². The van der Waals surface area contributed by atoms with Crippen molar-refractivity contribution in [3.63, 3.8) is 0 Å². The first-order valence-corrected chi connectivity index (χ1v) is 12.7.